The average Bonchev–Trinajstić information content (AvgIpc) is 2.90. The lowest BCUT2D eigenvalue weighted by Crippen LogP contribution is -2.44. The first-order valence-electron chi connectivity index (χ1n) is 9.38. The van der Waals surface area contributed by atoms with E-state index in [1.807, 2.05) is 19.0 Å². The monoisotopic (exact) mass is 396 g/mol. The molecule has 29 heavy (non-hydrogen) atoms. The third kappa shape index (κ3) is 3.86. The largest absolute Gasteiger partial charge is 0.465 e. The third-order valence-electron chi connectivity index (χ3n) is 4.95. The summed E-state index contributed by atoms with van der Waals surface area (Å²) in [5, 5.41) is 11.2. The summed E-state index contributed by atoms with van der Waals surface area (Å²) < 4.78 is 4.93. The Kier molecular flexibility index (Phi) is 5.70. The molecule has 3 rings (SSSR count). The number of fused-ring (bicyclic) bond motifs is 1. The molecule has 0 radical (unpaired) electrons. The van der Waals surface area contributed by atoms with Gasteiger partial charge in [-0.2, -0.15) is 0 Å². The zero-order valence-corrected chi connectivity index (χ0v) is 16.7. The molecule has 0 unspecified atom stereocenters. The van der Waals surface area contributed by atoms with Crippen LogP contribution in [0.4, 0.5) is 11.4 Å². The van der Waals surface area contributed by atoms with Crippen LogP contribution < -0.4 is 9.80 Å². The number of hydrogen-bond acceptors (Lipinski definition) is 6. The SMILES string of the molecule is CCOC(=O)CN1C(=O)[C@](O)(CC(=O)c2ccc(N(C)C)cc2)c2ccccc21. The maximum Gasteiger partial charge on any atom is 0.326 e. The summed E-state index contributed by atoms with van der Waals surface area (Å²) in [5.74, 6) is -1.64. The number of esters is 1. The number of benzene rings is 2. The number of anilines is 2. The maximum absolute atomic E-state index is 13.0. The van der Waals surface area contributed by atoms with Gasteiger partial charge in [-0.15, -0.1) is 0 Å². The first-order chi connectivity index (χ1) is 13.8. The normalized spacial score (nSPS) is 17.8. The Balaban J connectivity index is 1.88. The molecule has 1 atom stereocenters. The molecule has 1 N–H and O–H groups in total. The lowest BCUT2D eigenvalue weighted by molar-refractivity contribution is -0.144. The van der Waals surface area contributed by atoms with E-state index in [0.29, 0.717) is 16.8 Å². The number of carbonyl (C=O) groups is 3. The van der Waals surface area contributed by atoms with Crippen LogP contribution >= 0.6 is 0 Å². The van der Waals surface area contributed by atoms with Crippen molar-refractivity contribution >= 4 is 29.0 Å². The highest BCUT2D eigenvalue weighted by Gasteiger charge is 2.51. The minimum atomic E-state index is -2.03. The zero-order valence-electron chi connectivity index (χ0n) is 16.7. The van der Waals surface area contributed by atoms with Crippen molar-refractivity contribution in [2.45, 2.75) is 18.9 Å². The Bertz CT molecular complexity index is 938. The Morgan fingerprint density at radius 2 is 1.76 bits per heavy atom. The first kappa shape index (κ1) is 20.5. The van der Waals surface area contributed by atoms with E-state index >= 15 is 0 Å². The molecule has 1 aliphatic heterocycles. The van der Waals surface area contributed by atoms with Gasteiger partial charge in [0.2, 0.25) is 0 Å². The second kappa shape index (κ2) is 8.05. The third-order valence-corrected chi connectivity index (χ3v) is 4.95. The Morgan fingerprint density at radius 3 is 2.38 bits per heavy atom. The molecule has 1 heterocycles. The molecular weight excluding hydrogens is 372 g/mol. The number of rotatable bonds is 7. The number of carbonyl (C=O) groups excluding carboxylic acids is 3. The number of para-hydroxylation sites is 1. The predicted octanol–water partition coefficient (Wildman–Crippen LogP) is 2.12. The van der Waals surface area contributed by atoms with Crippen LogP contribution in [0.25, 0.3) is 0 Å². The summed E-state index contributed by atoms with van der Waals surface area (Å²) in [5.41, 5.74) is 0.0260. The first-order valence-corrected chi connectivity index (χ1v) is 9.38. The van der Waals surface area contributed by atoms with Gasteiger partial charge < -0.3 is 14.7 Å². The van der Waals surface area contributed by atoms with Gasteiger partial charge in [0.25, 0.3) is 5.91 Å². The number of hydrogen-bond donors (Lipinski definition) is 1. The predicted molar refractivity (Wildman–Crippen MR) is 109 cm³/mol. The maximum atomic E-state index is 13.0. The van der Waals surface area contributed by atoms with Gasteiger partial charge in [0.15, 0.2) is 11.4 Å². The summed E-state index contributed by atoms with van der Waals surface area (Å²) in [4.78, 5) is 40.9. The highest BCUT2D eigenvalue weighted by atomic mass is 16.5. The fraction of sp³-hybridized carbons (Fsp3) is 0.318. The van der Waals surface area contributed by atoms with E-state index in [1.54, 1.807) is 55.5 Å². The molecule has 0 saturated carbocycles. The van der Waals surface area contributed by atoms with Crippen molar-refractivity contribution in [2.24, 2.45) is 0 Å². The van der Waals surface area contributed by atoms with Crippen molar-refractivity contribution in [2.75, 3.05) is 37.0 Å². The van der Waals surface area contributed by atoms with Crippen molar-refractivity contribution in [3.63, 3.8) is 0 Å². The molecule has 1 aliphatic rings. The van der Waals surface area contributed by atoms with Crippen LogP contribution in [0, 0.1) is 0 Å². The minimum Gasteiger partial charge on any atom is -0.465 e. The van der Waals surface area contributed by atoms with Gasteiger partial charge in [0, 0.05) is 30.9 Å². The molecule has 152 valence electrons. The molecule has 7 nitrogen and oxygen atoms in total. The average molecular weight is 396 g/mol. The summed E-state index contributed by atoms with van der Waals surface area (Å²) in [7, 11) is 3.79. The second-order valence-corrected chi connectivity index (χ2v) is 7.11. The molecule has 7 heteroatoms. The standard InChI is InChI=1S/C22H24N2O5/c1-4-29-20(26)14-24-18-8-6-5-7-17(18)22(28,21(24)27)13-19(25)15-9-11-16(12-10-15)23(2)3/h5-12,28H,4,13-14H2,1-3H3/t22-/m0/s1. The number of nitrogens with zero attached hydrogens (tertiary/aromatic N) is 2. The van der Waals surface area contributed by atoms with Crippen molar-refractivity contribution in [3.8, 4) is 0 Å². The lowest BCUT2D eigenvalue weighted by Gasteiger charge is -2.22. The van der Waals surface area contributed by atoms with Gasteiger partial charge in [-0.05, 0) is 37.3 Å². The van der Waals surface area contributed by atoms with Crippen molar-refractivity contribution in [1.29, 1.82) is 0 Å². The summed E-state index contributed by atoms with van der Waals surface area (Å²) in [6.07, 6.45) is -0.413. The molecule has 2 aromatic rings. The van der Waals surface area contributed by atoms with E-state index in [1.165, 1.54) is 4.90 Å². The summed E-state index contributed by atoms with van der Waals surface area (Å²) in [6.45, 7) is 1.54. The molecule has 0 saturated heterocycles. The van der Waals surface area contributed by atoms with Gasteiger partial charge in [0.05, 0.1) is 18.7 Å². The number of ether oxygens (including phenoxy) is 1. The summed E-state index contributed by atoms with van der Waals surface area (Å²) >= 11 is 0. The van der Waals surface area contributed by atoms with E-state index < -0.39 is 23.9 Å². The Labute approximate surface area is 169 Å². The Morgan fingerprint density at radius 1 is 1.10 bits per heavy atom. The molecule has 0 aromatic heterocycles. The lowest BCUT2D eigenvalue weighted by atomic mass is 9.88. The molecule has 0 aliphatic carbocycles. The fourth-order valence-electron chi connectivity index (χ4n) is 3.45. The summed E-state index contributed by atoms with van der Waals surface area (Å²) in [6, 6.07) is 13.6. The highest BCUT2D eigenvalue weighted by Crippen LogP contribution is 2.42. The van der Waals surface area contributed by atoms with Crippen molar-refractivity contribution in [3.05, 3.63) is 59.7 Å². The van der Waals surface area contributed by atoms with Crippen LogP contribution in [0.3, 0.4) is 0 Å². The second-order valence-electron chi connectivity index (χ2n) is 7.11. The Hall–Kier alpha value is -3.19. The molecular formula is C22H24N2O5. The number of aliphatic hydroxyl groups is 1. The fourth-order valence-corrected chi connectivity index (χ4v) is 3.45. The van der Waals surface area contributed by atoms with Crippen LogP contribution in [-0.4, -0.2) is 50.0 Å². The number of ketones is 1. The topological polar surface area (TPSA) is 87.1 Å². The molecule has 0 spiro atoms. The van der Waals surface area contributed by atoms with E-state index in [9.17, 15) is 19.5 Å². The van der Waals surface area contributed by atoms with Crippen LogP contribution in [-0.2, 0) is 19.9 Å². The highest BCUT2D eigenvalue weighted by molar-refractivity contribution is 6.12. The molecule has 2 aromatic carbocycles. The van der Waals surface area contributed by atoms with Crippen LogP contribution in [0.5, 0.6) is 0 Å². The van der Waals surface area contributed by atoms with E-state index in [2.05, 4.69) is 0 Å². The number of Topliss-reactive ketones (excluding diaryl/α,β-unsaturated/α-hetero) is 1. The van der Waals surface area contributed by atoms with Crippen molar-refractivity contribution in [1.82, 2.24) is 0 Å². The van der Waals surface area contributed by atoms with Gasteiger partial charge in [0.1, 0.15) is 6.54 Å². The van der Waals surface area contributed by atoms with E-state index in [-0.39, 0.29) is 18.9 Å². The van der Waals surface area contributed by atoms with Gasteiger partial charge >= 0.3 is 5.97 Å². The molecule has 0 bridgehead atoms. The smallest absolute Gasteiger partial charge is 0.326 e. The van der Waals surface area contributed by atoms with Gasteiger partial charge in [-0.3, -0.25) is 19.3 Å². The van der Waals surface area contributed by atoms with Gasteiger partial charge in [-0.25, -0.2) is 0 Å². The number of amides is 1. The zero-order chi connectivity index (χ0) is 21.2. The minimum absolute atomic E-state index is 0.189. The molecule has 0 fully saturated rings. The van der Waals surface area contributed by atoms with Crippen LogP contribution in [0.15, 0.2) is 48.5 Å². The quantitative estimate of drug-likeness (QED) is 0.570. The van der Waals surface area contributed by atoms with Crippen molar-refractivity contribution < 1.29 is 24.2 Å². The van der Waals surface area contributed by atoms with E-state index in [0.717, 1.165) is 5.69 Å². The van der Waals surface area contributed by atoms with E-state index in [4.69, 9.17) is 4.74 Å². The van der Waals surface area contributed by atoms with Crippen LogP contribution in [0.1, 0.15) is 29.3 Å². The van der Waals surface area contributed by atoms with Gasteiger partial charge in [-0.1, -0.05) is 18.2 Å². The van der Waals surface area contributed by atoms with Crippen LogP contribution in [0.2, 0.25) is 0 Å². The molecule has 1 amide bonds.